The van der Waals surface area contributed by atoms with Crippen molar-refractivity contribution in [1.29, 1.82) is 0 Å². The molecule has 1 fully saturated rings. The highest BCUT2D eigenvalue weighted by Gasteiger charge is 2.07. The lowest BCUT2D eigenvalue weighted by atomic mass is 10.00. The van der Waals surface area contributed by atoms with Gasteiger partial charge in [-0.15, -0.1) is 12.4 Å². The summed E-state index contributed by atoms with van der Waals surface area (Å²) in [5, 5.41) is 4.61. The maximum atomic E-state index is 5.92. The van der Waals surface area contributed by atoms with E-state index in [1.807, 2.05) is 0 Å². The van der Waals surface area contributed by atoms with Gasteiger partial charge < -0.3 is 4.84 Å². The van der Waals surface area contributed by atoms with E-state index in [0.717, 1.165) is 31.7 Å². The molecule has 2 rings (SSSR count). The monoisotopic (exact) mass is 412 g/mol. The molecule has 0 N–H and O–H groups in total. The maximum Gasteiger partial charge on any atom is 0.220 e. The van der Waals surface area contributed by atoms with Gasteiger partial charge in [0, 0.05) is 13.0 Å². The van der Waals surface area contributed by atoms with Crippen molar-refractivity contribution in [3.05, 3.63) is 0 Å². The van der Waals surface area contributed by atoms with Crippen LogP contribution in [0.2, 0.25) is 0 Å². The molecule has 0 radical (unpaired) electrons. The predicted octanol–water partition coefficient (Wildman–Crippen LogP) is 8.40. The molecule has 2 aliphatic rings. The van der Waals surface area contributed by atoms with E-state index in [1.54, 1.807) is 0 Å². The van der Waals surface area contributed by atoms with Crippen molar-refractivity contribution < 1.29 is 4.84 Å². The zero-order chi connectivity index (χ0) is 18.8. The molecule has 0 saturated heterocycles. The molecule has 0 aromatic rings. The van der Waals surface area contributed by atoms with Crippen molar-refractivity contribution in [1.82, 2.24) is 0 Å². The SMILES string of the molecule is C1CCCCCC(=NOC2=NCCCCCCCCCCC2)CCCCC1.Cl. The summed E-state index contributed by atoms with van der Waals surface area (Å²) in [5.74, 6) is 0.896. The molecular formula is C24H45ClN2O. The highest BCUT2D eigenvalue weighted by atomic mass is 35.5. The van der Waals surface area contributed by atoms with E-state index in [2.05, 4.69) is 5.16 Å². The molecule has 3 nitrogen and oxygen atoms in total. The Kier molecular flexibility index (Phi) is 16.8. The van der Waals surface area contributed by atoms with Crippen LogP contribution in [-0.2, 0) is 4.84 Å². The second kappa shape index (κ2) is 18.5. The first-order valence-electron chi connectivity index (χ1n) is 12.2. The largest absolute Gasteiger partial charge is 0.342 e. The second-order valence-corrected chi connectivity index (χ2v) is 8.64. The third-order valence-electron chi connectivity index (χ3n) is 6.05. The molecule has 0 aromatic carbocycles. The Labute approximate surface area is 180 Å². The fourth-order valence-corrected chi connectivity index (χ4v) is 4.21. The smallest absolute Gasteiger partial charge is 0.220 e. The summed E-state index contributed by atoms with van der Waals surface area (Å²) in [7, 11) is 0. The van der Waals surface area contributed by atoms with Gasteiger partial charge in [0.05, 0.1) is 5.71 Å². The van der Waals surface area contributed by atoms with Gasteiger partial charge in [-0.25, -0.2) is 0 Å². The van der Waals surface area contributed by atoms with Crippen LogP contribution in [0.5, 0.6) is 0 Å². The molecule has 0 atom stereocenters. The fraction of sp³-hybridized carbons (Fsp3) is 0.917. The van der Waals surface area contributed by atoms with Gasteiger partial charge in [0.25, 0.3) is 0 Å². The van der Waals surface area contributed by atoms with Gasteiger partial charge in [0.15, 0.2) is 0 Å². The molecule has 0 bridgehead atoms. The lowest BCUT2D eigenvalue weighted by Gasteiger charge is -2.10. The van der Waals surface area contributed by atoms with E-state index in [0.29, 0.717) is 0 Å². The van der Waals surface area contributed by atoms with Crippen molar-refractivity contribution in [2.24, 2.45) is 10.1 Å². The summed E-state index contributed by atoms with van der Waals surface area (Å²) in [5.41, 5.74) is 1.28. The first-order valence-corrected chi connectivity index (χ1v) is 12.2. The van der Waals surface area contributed by atoms with Crippen LogP contribution in [0.4, 0.5) is 0 Å². The molecule has 0 aromatic heterocycles. The minimum absolute atomic E-state index is 0. The van der Waals surface area contributed by atoms with Crippen LogP contribution in [0.3, 0.4) is 0 Å². The van der Waals surface area contributed by atoms with Gasteiger partial charge in [-0.2, -0.15) is 0 Å². The Balaban J connectivity index is 0.00000392. The summed E-state index contributed by atoms with van der Waals surface area (Å²) in [6.07, 6.45) is 27.5. The van der Waals surface area contributed by atoms with Crippen LogP contribution < -0.4 is 0 Å². The number of halogens is 1. The average Bonchev–Trinajstić information content (AvgIpc) is 2.69. The third kappa shape index (κ3) is 13.6. The van der Waals surface area contributed by atoms with Crippen LogP contribution in [0, 0.1) is 0 Å². The molecule has 1 heterocycles. The van der Waals surface area contributed by atoms with Gasteiger partial charge in [-0.05, 0) is 38.5 Å². The van der Waals surface area contributed by atoms with Crippen molar-refractivity contribution >= 4 is 24.0 Å². The zero-order valence-corrected chi connectivity index (χ0v) is 19.1. The molecule has 0 amide bonds. The minimum Gasteiger partial charge on any atom is -0.342 e. The molecule has 0 unspecified atom stereocenters. The van der Waals surface area contributed by atoms with Gasteiger partial charge in [-0.3, -0.25) is 4.99 Å². The molecule has 1 saturated carbocycles. The summed E-state index contributed by atoms with van der Waals surface area (Å²) in [6, 6.07) is 0. The van der Waals surface area contributed by atoms with E-state index in [1.165, 1.54) is 121 Å². The summed E-state index contributed by atoms with van der Waals surface area (Å²) < 4.78 is 0. The lowest BCUT2D eigenvalue weighted by molar-refractivity contribution is 0.310. The highest BCUT2D eigenvalue weighted by Crippen LogP contribution is 2.17. The molecule has 1 aliphatic carbocycles. The standard InChI is InChI=1S/C24H44N2O.ClH/c1-3-7-11-15-19-23(20-16-12-8-4-1)26-27-24-21-17-13-9-5-2-6-10-14-18-22-25-24;/h1-22H2;1H. The Morgan fingerprint density at radius 2 is 0.893 bits per heavy atom. The number of oxime groups is 1. The highest BCUT2D eigenvalue weighted by molar-refractivity contribution is 5.85. The van der Waals surface area contributed by atoms with E-state index < -0.39 is 0 Å². The second-order valence-electron chi connectivity index (χ2n) is 8.64. The number of hydrogen-bond donors (Lipinski definition) is 0. The van der Waals surface area contributed by atoms with Crippen molar-refractivity contribution in [3.8, 4) is 0 Å². The minimum atomic E-state index is 0. The van der Waals surface area contributed by atoms with E-state index in [4.69, 9.17) is 9.83 Å². The number of nitrogens with zero attached hydrogens (tertiary/aromatic N) is 2. The Bertz CT molecular complexity index is 409. The van der Waals surface area contributed by atoms with E-state index in [-0.39, 0.29) is 12.4 Å². The maximum absolute atomic E-state index is 5.92. The van der Waals surface area contributed by atoms with Crippen molar-refractivity contribution in [3.63, 3.8) is 0 Å². The quantitative estimate of drug-likeness (QED) is 0.398. The topological polar surface area (TPSA) is 34.0 Å². The van der Waals surface area contributed by atoms with Crippen LogP contribution >= 0.6 is 12.4 Å². The van der Waals surface area contributed by atoms with Gasteiger partial charge in [-0.1, -0.05) is 95.0 Å². The number of hydrogen-bond acceptors (Lipinski definition) is 3. The zero-order valence-electron chi connectivity index (χ0n) is 18.3. The third-order valence-corrected chi connectivity index (χ3v) is 6.05. The number of rotatable bonds is 1. The Morgan fingerprint density at radius 3 is 1.39 bits per heavy atom. The van der Waals surface area contributed by atoms with Crippen LogP contribution in [0.25, 0.3) is 0 Å². The molecule has 1 aliphatic heterocycles. The predicted molar refractivity (Wildman–Crippen MR) is 125 cm³/mol. The summed E-state index contributed by atoms with van der Waals surface area (Å²) in [4.78, 5) is 10.7. The molecule has 4 heteroatoms. The molecule has 0 spiro atoms. The Hall–Kier alpha value is -0.570. The average molecular weight is 413 g/mol. The van der Waals surface area contributed by atoms with Crippen LogP contribution in [-0.4, -0.2) is 18.2 Å². The Morgan fingerprint density at radius 1 is 0.500 bits per heavy atom. The van der Waals surface area contributed by atoms with Gasteiger partial charge in [0.2, 0.25) is 5.90 Å². The number of aliphatic imine (C=N–C) groups is 1. The summed E-state index contributed by atoms with van der Waals surface area (Å²) in [6.45, 7) is 0.917. The lowest BCUT2D eigenvalue weighted by Crippen LogP contribution is -2.07. The van der Waals surface area contributed by atoms with Crippen LogP contribution in [0.15, 0.2) is 10.1 Å². The molecule has 164 valence electrons. The van der Waals surface area contributed by atoms with Crippen LogP contribution in [0.1, 0.15) is 135 Å². The molecular weight excluding hydrogens is 368 g/mol. The van der Waals surface area contributed by atoms with Gasteiger partial charge in [0.1, 0.15) is 0 Å². The van der Waals surface area contributed by atoms with E-state index in [9.17, 15) is 0 Å². The first-order chi connectivity index (χ1) is 13.4. The van der Waals surface area contributed by atoms with Crippen molar-refractivity contribution in [2.45, 2.75) is 135 Å². The molecule has 28 heavy (non-hydrogen) atoms. The summed E-state index contributed by atoms with van der Waals surface area (Å²) >= 11 is 0. The van der Waals surface area contributed by atoms with Gasteiger partial charge >= 0.3 is 0 Å². The first kappa shape index (κ1) is 25.5. The normalized spacial score (nSPS) is 22.6. The van der Waals surface area contributed by atoms with Crippen molar-refractivity contribution in [2.75, 3.05) is 6.54 Å². The van der Waals surface area contributed by atoms with E-state index >= 15 is 0 Å². The fourth-order valence-electron chi connectivity index (χ4n) is 4.21.